The maximum absolute atomic E-state index is 5.40. The van der Waals surface area contributed by atoms with E-state index in [1.54, 1.807) is 7.11 Å². The molecule has 0 radical (unpaired) electrons. The minimum atomic E-state index is 0.651. The summed E-state index contributed by atoms with van der Waals surface area (Å²) in [7, 11) is 1.70. The third kappa shape index (κ3) is 5.50. The van der Waals surface area contributed by atoms with Crippen LogP contribution in [0.1, 0.15) is 32.6 Å². The largest absolute Gasteiger partial charge is 0.382 e. The van der Waals surface area contributed by atoms with E-state index in [0.29, 0.717) is 19.3 Å². The molecule has 0 bridgehead atoms. The molecule has 0 aromatic heterocycles. The molecule has 1 atom stereocenters. The lowest BCUT2D eigenvalue weighted by atomic mass is 10.00. The summed E-state index contributed by atoms with van der Waals surface area (Å²) >= 11 is 0. The monoisotopic (exact) mass is 215 g/mol. The molecule has 0 heterocycles. The van der Waals surface area contributed by atoms with Gasteiger partial charge in [-0.25, -0.2) is 0 Å². The van der Waals surface area contributed by atoms with Gasteiger partial charge in [-0.15, -0.1) is 0 Å². The van der Waals surface area contributed by atoms with E-state index >= 15 is 0 Å². The van der Waals surface area contributed by atoms with Crippen LogP contribution in [0.25, 0.3) is 0 Å². The van der Waals surface area contributed by atoms with Crippen molar-refractivity contribution in [1.82, 2.24) is 5.32 Å². The molecular formula is C12H25NO2. The average Bonchev–Trinajstić information content (AvgIpc) is 2.76. The second-order valence-corrected chi connectivity index (χ2v) is 4.39. The molecule has 1 saturated carbocycles. The lowest BCUT2D eigenvalue weighted by Gasteiger charge is -2.20. The Morgan fingerprint density at radius 3 is 2.60 bits per heavy atom. The predicted molar refractivity (Wildman–Crippen MR) is 62.1 cm³/mol. The van der Waals surface area contributed by atoms with Crippen LogP contribution in [0.4, 0.5) is 0 Å². The van der Waals surface area contributed by atoms with Crippen molar-refractivity contribution in [3.63, 3.8) is 0 Å². The molecule has 1 aliphatic rings. The molecule has 90 valence electrons. The van der Waals surface area contributed by atoms with Crippen LogP contribution >= 0.6 is 0 Å². The Hall–Kier alpha value is -0.120. The van der Waals surface area contributed by atoms with Gasteiger partial charge in [-0.1, -0.05) is 12.8 Å². The van der Waals surface area contributed by atoms with Crippen LogP contribution < -0.4 is 5.32 Å². The van der Waals surface area contributed by atoms with Crippen molar-refractivity contribution in [2.45, 2.75) is 38.6 Å². The normalized spacial score (nSPS) is 19.6. The summed E-state index contributed by atoms with van der Waals surface area (Å²) in [6, 6.07) is 0.651. The van der Waals surface area contributed by atoms with E-state index in [0.717, 1.165) is 19.1 Å². The molecule has 0 aromatic rings. The summed E-state index contributed by atoms with van der Waals surface area (Å²) in [5.41, 5.74) is 0. The highest BCUT2D eigenvalue weighted by Gasteiger charge is 2.20. The number of hydrogen-bond donors (Lipinski definition) is 1. The van der Waals surface area contributed by atoms with Gasteiger partial charge < -0.3 is 14.8 Å². The van der Waals surface area contributed by atoms with Crippen LogP contribution in [0, 0.1) is 5.92 Å². The molecular weight excluding hydrogens is 190 g/mol. The SMILES string of the molecule is COCCOCCNC(C)C1CCCC1. The molecule has 1 rings (SSSR count). The summed E-state index contributed by atoms with van der Waals surface area (Å²) < 4.78 is 10.3. The smallest absolute Gasteiger partial charge is 0.0700 e. The standard InChI is InChI=1S/C12H25NO2/c1-11(12-5-3-4-6-12)13-7-8-15-10-9-14-2/h11-13H,3-10H2,1-2H3. The summed E-state index contributed by atoms with van der Waals surface area (Å²) in [4.78, 5) is 0. The van der Waals surface area contributed by atoms with Crippen LogP contribution in [0.2, 0.25) is 0 Å². The van der Waals surface area contributed by atoms with Crippen molar-refractivity contribution < 1.29 is 9.47 Å². The first-order valence-corrected chi connectivity index (χ1v) is 6.14. The van der Waals surface area contributed by atoms with Gasteiger partial charge in [-0.2, -0.15) is 0 Å². The van der Waals surface area contributed by atoms with Crippen molar-refractivity contribution in [3.05, 3.63) is 0 Å². The van der Waals surface area contributed by atoms with E-state index < -0.39 is 0 Å². The van der Waals surface area contributed by atoms with Crippen LogP contribution in [-0.4, -0.2) is 39.5 Å². The molecule has 3 nitrogen and oxygen atoms in total. The van der Waals surface area contributed by atoms with Gasteiger partial charge in [0.05, 0.1) is 19.8 Å². The van der Waals surface area contributed by atoms with E-state index in [4.69, 9.17) is 9.47 Å². The van der Waals surface area contributed by atoms with Crippen LogP contribution in [0.3, 0.4) is 0 Å². The first kappa shape index (κ1) is 12.9. The van der Waals surface area contributed by atoms with Crippen molar-refractivity contribution in [2.75, 3.05) is 33.5 Å². The van der Waals surface area contributed by atoms with Crippen molar-refractivity contribution in [3.8, 4) is 0 Å². The first-order chi connectivity index (χ1) is 7.34. The number of ether oxygens (including phenoxy) is 2. The molecule has 3 heteroatoms. The third-order valence-electron chi connectivity index (χ3n) is 3.25. The fourth-order valence-corrected chi connectivity index (χ4v) is 2.23. The Morgan fingerprint density at radius 1 is 1.20 bits per heavy atom. The van der Waals surface area contributed by atoms with E-state index in [2.05, 4.69) is 12.2 Å². The Kier molecular flexibility index (Phi) is 6.98. The van der Waals surface area contributed by atoms with Gasteiger partial charge in [-0.05, 0) is 25.7 Å². The molecule has 15 heavy (non-hydrogen) atoms. The van der Waals surface area contributed by atoms with Crippen LogP contribution in [0.5, 0.6) is 0 Å². The maximum atomic E-state index is 5.40. The quantitative estimate of drug-likeness (QED) is 0.626. The van der Waals surface area contributed by atoms with Gasteiger partial charge in [0.15, 0.2) is 0 Å². The zero-order chi connectivity index (χ0) is 10.9. The lowest BCUT2D eigenvalue weighted by molar-refractivity contribution is 0.0705. The highest BCUT2D eigenvalue weighted by molar-refractivity contribution is 4.76. The van der Waals surface area contributed by atoms with E-state index in [1.807, 2.05) is 0 Å². The Labute approximate surface area is 93.5 Å². The predicted octanol–water partition coefficient (Wildman–Crippen LogP) is 1.82. The van der Waals surface area contributed by atoms with Gasteiger partial charge in [0.2, 0.25) is 0 Å². The third-order valence-corrected chi connectivity index (χ3v) is 3.25. The molecule has 1 fully saturated rings. The van der Waals surface area contributed by atoms with E-state index in [1.165, 1.54) is 25.7 Å². The fraction of sp³-hybridized carbons (Fsp3) is 1.00. The second-order valence-electron chi connectivity index (χ2n) is 4.39. The molecule has 1 aliphatic carbocycles. The van der Waals surface area contributed by atoms with Crippen LogP contribution in [-0.2, 0) is 9.47 Å². The number of methoxy groups -OCH3 is 1. The first-order valence-electron chi connectivity index (χ1n) is 6.14. The zero-order valence-corrected chi connectivity index (χ0v) is 10.1. The van der Waals surface area contributed by atoms with E-state index in [9.17, 15) is 0 Å². The molecule has 0 aliphatic heterocycles. The van der Waals surface area contributed by atoms with E-state index in [-0.39, 0.29) is 0 Å². The highest BCUT2D eigenvalue weighted by atomic mass is 16.5. The number of rotatable bonds is 8. The molecule has 0 saturated heterocycles. The molecule has 1 unspecified atom stereocenters. The molecule has 0 aromatic carbocycles. The number of hydrogen-bond acceptors (Lipinski definition) is 3. The zero-order valence-electron chi connectivity index (χ0n) is 10.1. The lowest BCUT2D eigenvalue weighted by Crippen LogP contribution is -2.34. The number of nitrogens with one attached hydrogen (secondary N) is 1. The summed E-state index contributed by atoms with van der Waals surface area (Å²) in [5.74, 6) is 0.893. The summed E-state index contributed by atoms with van der Waals surface area (Å²) in [5, 5.41) is 3.54. The topological polar surface area (TPSA) is 30.5 Å². The van der Waals surface area contributed by atoms with Gasteiger partial charge in [0.25, 0.3) is 0 Å². The fourth-order valence-electron chi connectivity index (χ4n) is 2.23. The van der Waals surface area contributed by atoms with Gasteiger partial charge in [0.1, 0.15) is 0 Å². The highest BCUT2D eigenvalue weighted by Crippen LogP contribution is 2.27. The van der Waals surface area contributed by atoms with Crippen molar-refractivity contribution in [2.24, 2.45) is 5.92 Å². The maximum Gasteiger partial charge on any atom is 0.0700 e. The summed E-state index contributed by atoms with van der Waals surface area (Å²) in [6.07, 6.45) is 5.64. The van der Waals surface area contributed by atoms with Gasteiger partial charge >= 0.3 is 0 Å². The Bertz CT molecular complexity index is 147. The molecule has 0 spiro atoms. The average molecular weight is 215 g/mol. The molecule has 0 amide bonds. The van der Waals surface area contributed by atoms with Gasteiger partial charge in [-0.3, -0.25) is 0 Å². The van der Waals surface area contributed by atoms with Crippen LogP contribution in [0.15, 0.2) is 0 Å². The molecule has 1 N–H and O–H groups in total. The second kappa shape index (κ2) is 8.08. The Morgan fingerprint density at radius 2 is 1.93 bits per heavy atom. The van der Waals surface area contributed by atoms with Crippen molar-refractivity contribution in [1.29, 1.82) is 0 Å². The van der Waals surface area contributed by atoms with Gasteiger partial charge in [0, 0.05) is 19.7 Å². The Balaban J connectivity index is 1.90. The summed E-state index contributed by atoms with van der Waals surface area (Å²) in [6.45, 7) is 5.45. The van der Waals surface area contributed by atoms with Crippen molar-refractivity contribution >= 4 is 0 Å². The minimum Gasteiger partial charge on any atom is -0.382 e. The minimum absolute atomic E-state index is 0.651.